The summed E-state index contributed by atoms with van der Waals surface area (Å²) >= 11 is 0. The van der Waals surface area contributed by atoms with Crippen LogP contribution in [0.25, 0.3) is 0 Å². The molecule has 0 saturated carbocycles. The molecule has 0 radical (unpaired) electrons. The van der Waals surface area contributed by atoms with Gasteiger partial charge in [-0.25, -0.2) is 13.1 Å². The maximum absolute atomic E-state index is 13.3. The molecule has 5 rings (SSSR count). The second-order valence-electron chi connectivity index (χ2n) is 8.56. The Morgan fingerprint density at radius 2 is 1.78 bits per heavy atom. The second-order valence-corrected chi connectivity index (χ2v) is 10.5. The molecule has 2 heterocycles. The van der Waals surface area contributed by atoms with E-state index in [9.17, 15) is 8.42 Å². The summed E-state index contributed by atoms with van der Waals surface area (Å²) in [7, 11) is -0.453. The highest BCUT2D eigenvalue weighted by Gasteiger charge is 2.43. The first-order valence-corrected chi connectivity index (χ1v) is 13.1. The van der Waals surface area contributed by atoms with Crippen LogP contribution in [0.5, 0.6) is 23.0 Å². The van der Waals surface area contributed by atoms with Crippen LogP contribution in [0, 0.1) is 0 Å². The van der Waals surface area contributed by atoms with Gasteiger partial charge in [-0.1, -0.05) is 42.5 Å². The van der Waals surface area contributed by atoms with Gasteiger partial charge in [0.05, 0.1) is 19.8 Å². The van der Waals surface area contributed by atoms with Crippen molar-refractivity contribution in [2.45, 2.75) is 24.4 Å². The number of rotatable bonds is 9. The van der Waals surface area contributed by atoms with Gasteiger partial charge in [-0.2, -0.15) is 5.06 Å². The Bertz CT molecular complexity index is 1320. The van der Waals surface area contributed by atoms with E-state index in [0.29, 0.717) is 29.6 Å². The van der Waals surface area contributed by atoms with Crippen LogP contribution in [0.4, 0.5) is 0 Å². The molecule has 0 amide bonds. The number of benzene rings is 3. The van der Waals surface area contributed by atoms with Gasteiger partial charge in [-0.05, 0) is 41.0 Å². The van der Waals surface area contributed by atoms with E-state index < -0.39 is 21.3 Å². The highest BCUT2D eigenvalue weighted by Crippen LogP contribution is 2.38. The largest absolute Gasteiger partial charge is 0.493 e. The number of nitrogens with one attached hydrogen (secondary N) is 1. The minimum Gasteiger partial charge on any atom is -0.493 e. The molecular weight excluding hydrogens is 484 g/mol. The van der Waals surface area contributed by atoms with E-state index in [0.717, 1.165) is 16.7 Å². The molecule has 0 aromatic heterocycles. The maximum atomic E-state index is 13.3. The van der Waals surface area contributed by atoms with Gasteiger partial charge < -0.3 is 18.9 Å². The Labute approximate surface area is 210 Å². The predicted molar refractivity (Wildman–Crippen MR) is 132 cm³/mol. The summed E-state index contributed by atoms with van der Waals surface area (Å²) in [6.07, 6.45) is 0. The van der Waals surface area contributed by atoms with Crippen LogP contribution in [-0.2, 0) is 28.0 Å². The van der Waals surface area contributed by atoms with Crippen LogP contribution in [0.1, 0.15) is 22.7 Å². The van der Waals surface area contributed by atoms with Crippen molar-refractivity contribution in [1.29, 1.82) is 0 Å². The van der Waals surface area contributed by atoms with Gasteiger partial charge in [0, 0.05) is 13.6 Å². The molecule has 3 aromatic carbocycles. The van der Waals surface area contributed by atoms with Crippen LogP contribution in [0.3, 0.4) is 0 Å². The standard InChI is InChI=1S/C26H28N2O7S/c1-28-26(20-9-11-21(23(13-20)31-2)32-15-18-6-4-3-5-7-18)25(16-35-28)36(29,30)27-14-19-8-10-22-24(12-19)34-17-33-22/h3-13,25-27H,14-17H2,1-2H3. The Kier molecular flexibility index (Phi) is 7.01. The third kappa shape index (κ3) is 5.12. The normalized spacial score (nSPS) is 19.4. The number of nitrogens with zero attached hydrogens (tertiary/aromatic N) is 1. The van der Waals surface area contributed by atoms with Crippen LogP contribution in [0.2, 0.25) is 0 Å². The molecule has 1 N–H and O–H groups in total. The van der Waals surface area contributed by atoms with Crippen LogP contribution in [-0.4, -0.2) is 46.3 Å². The molecule has 3 aromatic rings. The molecule has 2 aliphatic heterocycles. The van der Waals surface area contributed by atoms with Crippen LogP contribution in [0.15, 0.2) is 66.7 Å². The summed E-state index contributed by atoms with van der Waals surface area (Å²) in [6, 6.07) is 20.1. The minimum atomic E-state index is -3.74. The first-order valence-electron chi connectivity index (χ1n) is 11.5. The van der Waals surface area contributed by atoms with Crippen LogP contribution < -0.4 is 23.7 Å². The number of hydrogen-bond donors (Lipinski definition) is 1. The third-order valence-electron chi connectivity index (χ3n) is 6.27. The molecule has 0 aliphatic carbocycles. The average molecular weight is 513 g/mol. The molecule has 190 valence electrons. The number of sulfonamides is 1. The first kappa shape index (κ1) is 24.4. The smallest absolute Gasteiger partial charge is 0.231 e. The second kappa shape index (κ2) is 10.4. The fraction of sp³-hybridized carbons (Fsp3) is 0.308. The first-order chi connectivity index (χ1) is 17.4. The zero-order valence-corrected chi connectivity index (χ0v) is 20.9. The number of hydroxylamine groups is 2. The lowest BCUT2D eigenvalue weighted by molar-refractivity contribution is -0.110. The van der Waals surface area contributed by atoms with E-state index in [1.54, 1.807) is 43.5 Å². The van der Waals surface area contributed by atoms with Crippen molar-refractivity contribution in [3.8, 4) is 23.0 Å². The summed E-state index contributed by atoms with van der Waals surface area (Å²) in [4.78, 5) is 5.65. The van der Waals surface area contributed by atoms with E-state index in [2.05, 4.69) is 4.72 Å². The molecule has 0 spiro atoms. The monoisotopic (exact) mass is 512 g/mol. The van der Waals surface area contributed by atoms with Gasteiger partial charge in [0.1, 0.15) is 11.9 Å². The van der Waals surface area contributed by atoms with Gasteiger partial charge in [-0.3, -0.25) is 4.84 Å². The molecule has 9 nitrogen and oxygen atoms in total. The van der Waals surface area contributed by atoms with Gasteiger partial charge in [0.2, 0.25) is 16.8 Å². The van der Waals surface area contributed by atoms with Crippen molar-refractivity contribution in [2.75, 3.05) is 27.6 Å². The Hall–Kier alpha value is -3.31. The zero-order valence-electron chi connectivity index (χ0n) is 20.0. The van der Waals surface area contributed by atoms with Crippen molar-refractivity contribution in [3.63, 3.8) is 0 Å². The molecule has 2 atom stereocenters. The molecule has 0 bridgehead atoms. The summed E-state index contributed by atoms with van der Waals surface area (Å²) in [5.41, 5.74) is 2.55. The number of ether oxygens (including phenoxy) is 4. The Morgan fingerprint density at radius 3 is 2.58 bits per heavy atom. The van der Waals surface area contributed by atoms with Crippen molar-refractivity contribution >= 4 is 10.0 Å². The highest BCUT2D eigenvalue weighted by molar-refractivity contribution is 7.90. The zero-order chi connectivity index (χ0) is 25.1. The van der Waals surface area contributed by atoms with Gasteiger partial charge in [0.25, 0.3) is 0 Å². The van der Waals surface area contributed by atoms with Gasteiger partial charge in [-0.15, -0.1) is 0 Å². The SMILES string of the molecule is COc1cc(C2C(S(=O)(=O)NCc3ccc4c(c3)OCO4)CON2C)ccc1OCc1ccccc1. The molecule has 1 fully saturated rings. The fourth-order valence-corrected chi connectivity index (χ4v) is 5.83. The molecule has 2 unspecified atom stereocenters. The fourth-order valence-electron chi connectivity index (χ4n) is 4.35. The van der Waals surface area contributed by atoms with E-state index in [1.165, 1.54) is 0 Å². The molecule has 1 saturated heterocycles. The minimum absolute atomic E-state index is 0.0339. The van der Waals surface area contributed by atoms with Gasteiger partial charge >= 0.3 is 0 Å². The molecule has 2 aliphatic rings. The topological polar surface area (TPSA) is 95.6 Å². The van der Waals surface area contributed by atoms with Crippen molar-refractivity contribution in [3.05, 3.63) is 83.4 Å². The van der Waals surface area contributed by atoms with Crippen molar-refractivity contribution < 1.29 is 32.2 Å². The molecule has 10 heteroatoms. The lowest BCUT2D eigenvalue weighted by Crippen LogP contribution is -2.39. The predicted octanol–water partition coefficient (Wildman–Crippen LogP) is 3.41. The summed E-state index contributed by atoms with van der Waals surface area (Å²) in [6.45, 7) is 0.717. The Balaban J connectivity index is 1.31. The number of fused-ring (bicyclic) bond motifs is 1. The lowest BCUT2D eigenvalue weighted by atomic mass is 10.0. The van der Waals surface area contributed by atoms with E-state index in [-0.39, 0.29) is 19.9 Å². The number of hydrogen-bond acceptors (Lipinski definition) is 8. The van der Waals surface area contributed by atoms with Crippen LogP contribution >= 0.6 is 0 Å². The maximum Gasteiger partial charge on any atom is 0.231 e. The Morgan fingerprint density at radius 1 is 0.972 bits per heavy atom. The summed E-state index contributed by atoms with van der Waals surface area (Å²) in [5.74, 6) is 2.35. The highest BCUT2D eigenvalue weighted by atomic mass is 32.2. The quantitative estimate of drug-likeness (QED) is 0.466. The number of methoxy groups -OCH3 is 1. The van der Waals surface area contributed by atoms with Crippen molar-refractivity contribution in [2.24, 2.45) is 0 Å². The van der Waals surface area contributed by atoms with E-state index in [4.69, 9.17) is 23.8 Å². The molecular formula is C26H28N2O7S. The molecule has 36 heavy (non-hydrogen) atoms. The van der Waals surface area contributed by atoms with E-state index >= 15 is 0 Å². The van der Waals surface area contributed by atoms with Gasteiger partial charge in [0.15, 0.2) is 23.0 Å². The van der Waals surface area contributed by atoms with E-state index in [1.807, 2.05) is 42.5 Å². The average Bonchev–Trinajstić information content (AvgIpc) is 3.53. The third-order valence-corrected chi connectivity index (χ3v) is 8.00. The summed E-state index contributed by atoms with van der Waals surface area (Å²) < 4.78 is 51.6. The summed E-state index contributed by atoms with van der Waals surface area (Å²) in [5, 5.41) is 0.751. The van der Waals surface area contributed by atoms with Crippen molar-refractivity contribution in [1.82, 2.24) is 9.79 Å². The lowest BCUT2D eigenvalue weighted by Gasteiger charge is -2.24.